The van der Waals surface area contributed by atoms with Crippen molar-refractivity contribution in [2.75, 3.05) is 40.3 Å². The Bertz CT molecular complexity index is 296. The Morgan fingerprint density at radius 1 is 1.24 bits per heavy atom. The summed E-state index contributed by atoms with van der Waals surface area (Å²) in [6.07, 6.45) is 0.928. The van der Waals surface area contributed by atoms with E-state index < -0.39 is 12.0 Å². The van der Waals surface area contributed by atoms with E-state index in [0.717, 1.165) is 19.5 Å². The maximum absolute atomic E-state index is 12.1. The number of carbonyl (C=O) groups excluding carboxylic acids is 1. The third kappa shape index (κ3) is 3.59. The van der Waals surface area contributed by atoms with Crippen LogP contribution in [-0.2, 0) is 4.79 Å². The van der Waals surface area contributed by atoms with Crippen molar-refractivity contribution < 1.29 is 14.7 Å². The molecule has 1 aliphatic heterocycles. The maximum atomic E-state index is 12.1. The highest BCUT2D eigenvalue weighted by Crippen LogP contribution is 2.07. The summed E-state index contributed by atoms with van der Waals surface area (Å²) in [5.41, 5.74) is 0. The fourth-order valence-corrected chi connectivity index (χ4v) is 1.79. The van der Waals surface area contributed by atoms with Crippen LogP contribution in [0.3, 0.4) is 0 Å². The molecule has 1 fully saturated rings. The number of aliphatic carboxylic acids is 1. The van der Waals surface area contributed by atoms with Crippen molar-refractivity contribution in [3.63, 3.8) is 0 Å². The van der Waals surface area contributed by atoms with Gasteiger partial charge in [0.25, 0.3) is 0 Å². The zero-order chi connectivity index (χ0) is 13.0. The number of carbonyl (C=O) groups is 2. The Morgan fingerprint density at radius 2 is 1.88 bits per heavy atom. The summed E-state index contributed by atoms with van der Waals surface area (Å²) in [6, 6.07) is -0.987. The lowest BCUT2D eigenvalue weighted by molar-refractivity contribution is -0.141. The number of nitrogens with zero attached hydrogens (tertiary/aromatic N) is 3. The minimum atomic E-state index is -0.979. The van der Waals surface area contributed by atoms with Gasteiger partial charge < -0.3 is 19.8 Å². The zero-order valence-corrected chi connectivity index (χ0v) is 10.7. The van der Waals surface area contributed by atoms with Gasteiger partial charge in [0.15, 0.2) is 0 Å². The van der Waals surface area contributed by atoms with Crippen LogP contribution in [0.5, 0.6) is 0 Å². The molecule has 1 atom stereocenters. The molecule has 6 nitrogen and oxygen atoms in total. The Morgan fingerprint density at radius 3 is 2.47 bits per heavy atom. The first-order valence-corrected chi connectivity index (χ1v) is 5.86. The Labute approximate surface area is 102 Å². The van der Waals surface area contributed by atoms with Crippen LogP contribution < -0.4 is 0 Å². The van der Waals surface area contributed by atoms with Crippen LogP contribution in [-0.4, -0.2) is 78.1 Å². The summed E-state index contributed by atoms with van der Waals surface area (Å²) in [6.45, 7) is 4.68. The van der Waals surface area contributed by atoms with Crippen molar-refractivity contribution in [2.24, 2.45) is 0 Å². The fraction of sp³-hybridized carbons (Fsp3) is 0.818. The summed E-state index contributed by atoms with van der Waals surface area (Å²) in [4.78, 5) is 28.1. The zero-order valence-electron chi connectivity index (χ0n) is 10.7. The van der Waals surface area contributed by atoms with Crippen molar-refractivity contribution in [3.05, 3.63) is 0 Å². The number of carboxylic acids is 1. The van der Waals surface area contributed by atoms with Crippen molar-refractivity contribution in [1.29, 1.82) is 0 Å². The van der Waals surface area contributed by atoms with E-state index in [0.29, 0.717) is 13.1 Å². The molecule has 98 valence electrons. The predicted molar refractivity (Wildman–Crippen MR) is 63.9 cm³/mol. The summed E-state index contributed by atoms with van der Waals surface area (Å²) in [7, 11) is 3.56. The molecule has 1 rings (SSSR count). The van der Waals surface area contributed by atoms with E-state index >= 15 is 0 Å². The van der Waals surface area contributed by atoms with Gasteiger partial charge in [-0.25, -0.2) is 9.59 Å². The molecule has 6 heteroatoms. The molecule has 1 saturated heterocycles. The molecular formula is C11H21N3O3. The molecule has 0 aromatic rings. The molecule has 0 aliphatic carbocycles. The van der Waals surface area contributed by atoms with E-state index in [-0.39, 0.29) is 6.03 Å². The molecule has 0 radical (unpaired) electrons. The monoisotopic (exact) mass is 243 g/mol. The minimum absolute atomic E-state index is 0.199. The summed E-state index contributed by atoms with van der Waals surface area (Å²) in [5, 5.41) is 8.88. The summed E-state index contributed by atoms with van der Waals surface area (Å²) < 4.78 is 0. The fourth-order valence-electron chi connectivity index (χ4n) is 1.79. The number of hydrogen-bond donors (Lipinski definition) is 1. The van der Waals surface area contributed by atoms with E-state index in [9.17, 15) is 9.59 Å². The van der Waals surface area contributed by atoms with Gasteiger partial charge >= 0.3 is 12.0 Å². The van der Waals surface area contributed by atoms with Crippen LogP contribution in [0.4, 0.5) is 4.79 Å². The number of carboxylic acid groups (broad SMARTS) is 1. The molecule has 0 bridgehead atoms. The normalized spacial score (nSPS) is 19.6. The second kappa shape index (κ2) is 5.86. The van der Waals surface area contributed by atoms with Crippen LogP contribution in [0.2, 0.25) is 0 Å². The molecular weight excluding hydrogens is 222 g/mol. The minimum Gasteiger partial charge on any atom is -0.480 e. The number of urea groups is 1. The van der Waals surface area contributed by atoms with Crippen LogP contribution in [0.25, 0.3) is 0 Å². The average molecular weight is 243 g/mol. The lowest BCUT2D eigenvalue weighted by Crippen LogP contribution is -2.48. The Balaban J connectivity index is 2.59. The molecule has 1 heterocycles. The van der Waals surface area contributed by atoms with Gasteiger partial charge in [-0.2, -0.15) is 0 Å². The first-order chi connectivity index (χ1) is 7.93. The van der Waals surface area contributed by atoms with Crippen molar-refractivity contribution >= 4 is 12.0 Å². The van der Waals surface area contributed by atoms with Gasteiger partial charge in [0, 0.05) is 26.7 Å². The molecule has 2 amide bonds. The molecule has 0 saturated carbocycles. The van der Waals surface area contributed by atoms with Crippen LogP contribution in [0.15, 0.2) is 0 Å². The standard InChI is InChI=1S/C11H21N3O3/c1-9(10(15)16)13(3)11(17)14-6-4-5-12(2)7-8-14/h9H,4-8H2,1-3H3,(H,15,16). The second-order valence-corrected chi connectivity index (χ2v) is 4.55. The highest BCUT2D eigenvalue weighted by molar-refractivity contribution is 5.82. The third-order valence-electron chi connectivity index (χ3n) is 3.23. The molecule has 1 unspecified atom stereocenters. The third-order valence-corrected chi connectivity index (χ3v) is 3.23. The van der Waals surface area contributed by atoms with Gasteiger partial charge in [-0.3, -0.25) is 0 Å². The quantitative estimate of drug-likeness (QED) is 0.750. The van der Waals surface area contributed by atoms with Gasteiger partial charge in [0.2, 0.25) is 0 Å². The summed E-state index contributed by atoms with van der Waals surface area (Å²) in [5.74, 6) is -0.979. The van der Waals surface area contributed by atoms with E-state index in [1.807, 2.05) is 7.05 Å². The van der Waals surface area contributed by atoms with Crippen LogP contribution >= 0.6 is 0 Å². The van der Waals surface area contributed by atoms with Gasteiger partial charge in [0.1, 0.15) is 6.04 Å². The number of rotatable bonds is 2. The smallest absolute Gasteiger partial charge is 0.326 e. The van der Waals surface area contributed by atoms with E-state index in [2.05, 4.69) is 4.90 Å². The maximum Gasteiger partial charge on any atom is 0.326 e. The SMILES string of the molecule is CC(C(=O)O)N(C)C(=O)N1CCCN(C)CC1. The average Bonchev–Trinajstić information content (AvgIpc) is 2.51. The van der Waals surface area contributed by atoms with Crippen LogP contribution in [0.1, 0.15) is 13.3 Å². The number of likely N-dealkylation sites (N-methyl/N-ethyl adjacent to an activating group) is 2. The summed E-state index contributed by atoms with van der Waals surface area (Å²) >= 11 is 0. The van der Waals surface area contributed by atoms with E-state index in [1.165, 1.54) is 18.9 Å². The molecule has 0 aromatic carbocycles. The molecule has 1 N–H and O–H groups in total. The van der Waals surface area contributed by atoms with Gasteiger partial charge in [-0.05, 0) is 26.9 Å². The first-order valence-electron chi connectivity index (χ1n) is 5.86. The largest absolute Gasteiger partial charge is 0.480 e. The lowest BCUT2D eigenvalue weighted by Gasteiger charge is -2.29. The Hall–Kier alpha value is -1.30. The van der Waals surface area contributed by atoms with E-state index in [4.69, 9.17) is 5.11 Å². The number of amides is 2. The Kier molecular flexibility index (Phi) is 4.74. The van der Waals surface area contributed by atoms with Crippen molar-refractivity contribution in [2.45, 2.75) is 19.4 Å². The molecule has 1 aliphatic rings. The molecule has 17 heavy (non-hydrogen) atoms. The van der Waals surface area contributed by atoms with E-state index in [1.54, 1.807) is 4.90 Å². The van der Waals surface area contributed by atoms with Crippen molar-refractivity contribution in [1.82, 2.24) is 14.7 Å². The highest BCUT2D eigenvalue weighted by Gasteiger charge is 2.26. The lowest BCUT2D eigenvalue weighted by atomic mass is 10.3. The van der Waals surface area contributed by atoms with Gasteiger partial charge in [-0.1, -0.05) is 0 Å². The molecule has 0 spiro atoms. The first kappa shape index (κ1) is 13.8. The van der Waals surface area contributed by atoms with Crippen molar-refractivity contribution in [3.8, 4) is 0 Å². The highest BCUT2D eigenvalue weighted by atomic mass is 16.4. The predicted octanol–water partition coefficient (Wildman–Crippen LogP) is 0.149. The molecule has 0 aromatic heterocycles. The van der Waals surface area contributed by atoms with Gasteiger partial charge in [-0.15, -0.1) is 0 Å². The van der Waals surface area contributed by atoms with Gasteiger partial charge in [0.05, 0.1) is 0 Å². The van der Waals surface area contributed by atoms with Crippen LogP contribution in [0, 0.1) is 0 Å². The second-order valence-electron chi connectivity index (χ2n) is 4.55. The topological polar surface area (TPSA) is 64.1 Å². The number of hydrogen-bond acceptors (Lipinski definition) is 3.